The molecule has 2 amide bonds. The van der Waals surface area contributed by atoms with Crippen molar-refractivity contribution in [2.75, 3.05) is 13.1 Å². The summed E-state index contributed by atoms with van der Waals surface area (Å²) in [5.74, 6) is -41.1. The summed E-state index contributed by atoms with van der Waals surface area (Å²) in [6, 6.07) is 0. The van der Waals surface area contributed by atoms with Crippen LogP contribution in [-0.2, 0) is 9.59 Å². The molecule has 0 spiro atoms. The molecule has 0 aromatic heterocycles. The molecule has 232 valence electrons. The van der Waals surface area contributed by atoms with Gasteiger partial charge in [-0.1, -0.05) is 90.9 Å². The van der Waals surface area contributed by atoms with Gasteiger partial charge in [-0.15, -0.1) is 0 Å². The molecule has 4 nitrogen and oxygen atoms in total. The van der Waals surface area contributed by atoms with Gasteiger partial charge in [0.1, 0.15) is 0 Å². The number of carbonyl (C=O) groups excluding carboxylic acids is 2. The molecule has 0 aromatic rings. The molecule has 0 saturated heterocycles. The number of carbonyl (C=O) groups is 2. The average Bonchev–Trinajstić information content (AvgIpc) is 2.86. The minimum atomic E-state index is -7.49. The number of nitrogens with one attached hydrogen (secondary N) is 2. The van der Waals surface area contributed by atoms with Crippen LogP contribution in [0.4, 0.5) is 43.9 Å². The number of alkyl halides is 10. The first kappa shape index (κ1) is 37.2. The molecule has 0 aliphatic rings. The van der Waals surface area contributed by atoms with E-state index in [1.807, 2.05) is 13.8 Å². The topological polar surface area (TPSA) is 58.2 Å². The highest BCUT2D eigenvalue weighted by Gasteiger charge is 2.88. The van der Waals surface area contributed by atoms with Crippen LogP contribution >= 0.6 is 0 Å². The third kappa shape index (κ3) is 9.68. The van der Waals surface area contributed by atoms with Gasteiger partial charge < -0.3 is 10.6 Å². The number of unbranched alkanes of at least 4 members (excludes halogenated alkanes) is 12. The van der Waals surface area contributed by atoms with Gasteiger partial charge >= 0.3 is 29.6 Å². The summed E-state index contributed by atoms with van der Waals surface area (Å²) in [7, 11) is 0. The van der Waals surface area contributed by atoms with E-state index in [1.54, 1.807) is 0 Å². The van der Waals surface area contributed by atoms with Crippen molar-refractivity contribution in [3.8, 4) is 0 Å². The van der Waals surface area contributed by atoms with Gasteiger partial charge in [0.15, 0.2) is 0 Å². The minimum absolute atomic E-state index is 0.00303. The Morgan fingerprint density at radius 3 is 0.974 bits per heavy atom. The van der Waals surface area contributed by atoms with Crippen LogP contribution in [0.5, 0.6) is 0 Å². The smallest absolute Gasteiger partial charge is 0.351 e. The van der Waals surface area contributed by atoms with Gasteiger partial charge in [0.2, 0.25) is 0 Å². The zero-order valence-electron chi connectivity index (χ0n) is 22.4. The predicted molar refractivity (Wildman–Crippen MR) is 127 cm³/mol. The summed E-state index contributed by atoms with van der Waals surface area (Å²) in [6.45, 7) is 2.63. The van der Waals surface area contributed by atoms with Gasteiger partial charge in [0.05, 0.1) is 0 Å². The minimum Gasteiger partial charge on any atom is -0.351 e. The van der Waals surface area contributed by atoms with Crippen LogP contribution in [0.2, 0.25) is 0 Å². The van der Waals surface area contributed by atoms with Crippen LogP contribution in [0.25, 0.3) is 0 Å². The zero-order chi connectivity index (χ0) is 30.4. The van der Waals surface area contributed by atoms with Crippen molar-refractivity contribution < 1.29 is 53.5 Å². The van der Waals surface area contributed by atoms with Crippen molar-refractivity contribution in [3.05, 3.63) is 0 Å². The molecule has 0 saturated carbocycles. The predicted octanol–water partition coefficient (Wildman–Crippen LogP) is 7.90. The monoisotopic (exact) mass is 590 g/mol. The zero-order valence-corrected chi connectivity index (χ0v) is 22.4. The third-order valence-corrected chi connectivity index (χ3v) is 6.28. The van der Waals surface area contributed by atoms with Crippen LogP contribution in [0, 0.1) is 0 Å². The molecule has 2 N–H and O–H groups in total. The quantitative estimate of drug-likeness (QED) is 0.0995. The van der Waals surface area contributed by atoms with Crippen molar-refractivity contribution in [1.82, 2.24) is 10.6 Å². The molecular formula is C25H40F10N2O2. The Hall–Kier alpha value is -1.76. The molecule has 0 aliphatic heterocycles. The van der Waals surface area contributed by atoms with Crippen LogP contribution in [0.1, 0.15) is 104 Å². The average molecular weight is 591 g/mol. The molecule has 0 bridgehead atoms. The van der Waals surface area contributed by atoms with E-state index in [4.69, 9.17) is 0 Å². The summed E-state index contributed by atoms with van der Waals surface area (Å²) < 4.78 is 140. The maximum Gasteiger partial charge on any atom is 0.392 e. The lowest BCUT2D eigenvalue weighted by Gasteiger charge is -2.38. The summed E-state index contributed by atoms with van der Waals surface area (Å²) in [6.07, 6.45) is 9.14. The summed E-state index contributed by atoms with van der Waals surface area (Å²) in [5, 5.41) is 2.52. The van der Waals surface area contributed by atoms with E-state index in [1.165, 1.54) is 10.6 Å². The SMILES string of the molecule is CCCCCCCCCNC(=O)C(F)(F)C(F)(F)C(F)(F)C(F)(F)C(F)(F)C(=O)NCCCCCCCCC. The van der Waals surface area contributed by atoms with Crippen LogP contribution in [0.15, 0.2) is 0 Å². The first-order valence-electron chi connectivity index (χ1n) is 13.4. The van der Waals surface area contributed by atoms with Gasteiger partial charge in [0, 0.05) is 13.1 Å². The number of hydrogen-bond acceptors (Lipinski definition) is 2. The third-order valence-electron chi connectivity index (χ3n) is 6.28. The number of hydrogen-bond donors (Lipinski definition) is 2. The molecule has 39 heavy (non-hydrogen) atoms. The Bertz CT molecular complexity index is 676. The van der Waals surface area contributed by atoms with Gasteiger partial charge in [-0.3, -0.25) is 9.59 Å². The van der Waals surface area contributed by atoms with Crippen molar-refractivity contribution in [3.63, 3.8) is 0 Å². The Kier molecular flexibility index (Phi) is 15.7. The summed E-state index contributed by atoms with van der Waals surface area (Å²) in [4.78, 5) is 23.1. The fraction of sp³-hybridized carbons (Fsp3) is 0.920. The van der Waals surface area contributed by atoms with Crippen LogP contribution < -0.4 is 10.6 Å². The molecular weight excluding hydrogens is 550 g/mol. The Morgan fingerprint density at radius 2 is 0.692 bits per heavy atom. The number of halogens is 10. The van der Waals surface area contributed by atoms with E-state index >= 15 is 0 Å². The van der Waals surface area contributed by atoms with Crippen molar-refractivity contribution in [2.45, 2.75) is 133 Å². The largest absolute Gasteiger partial charge is 0.392 e. The standard InChI is InChI=1S/C25H40F10N2O2/c1-3-5-7-9-11-13-15-17-36-19(38)21(26,27)23(30,31)25(34,35)24(32,33)22(28,29)20(39)37-18-16-14-12-10-8-6-4-2/h3-18H2,1-2H3,(H,36,38)(H,37,39). The van der Waals surface area contributed by atoms with E-state index in [2.05, 4.69) is 0 Å². The van der Waals surface area contributed by atoms with Crippen molar-refractivity contribution >= 4 is 11.8 Å². The van der Waals surface area contributed by atoms with Crippen molar-refractivity contribution in [1.29, 1.82) is 0 Å². The summed E-state index contributed by atoms with van der Waals surface area (Å²) >= 11 is 0. The highest BCUT2D eigenvalue weighted by Crippen LogP contribution is 2.57. The Labute approximate surface area is 223 Å². The van der Waals surface area contributed by atoms with E-state index in [0.717, 1.165) is 51.4 Å². The van der Waals surface area contributed by atoms with E-state index in [-0.39, 0.29) is 12.8 Å². The lowest BCUT2D eigenvalue weighted by Crippen LogP contribution is -2.71. The van der Waals surface area contributed by atoms with Gasteiger partial charge in [-0.2, -0.15) is 43.9 Å². The second-order valence-electron chi connectivity index (χ2n) is 9.63. The summed E-state index contributed by atoms with van der Waals surface area (Å²) in [5.41, 5.74) is 0. The number of rotatable bonds is 22. The first-order valence-corrected chi connectivity index (χ1v) is 13.4. The molecule has 0 radical (unpaired) electrons. The van der Waals surface area contributed by atoms with Gasteiger partial charge in [0.25, 0.3) is 11.8 Å². The Balaban J connectivity index is 5.18. The highest BCUT2D eigenvalue weighted by atomic mass is 19.4. The maximum absolute atomic E-state index is 14.1. The lowest BCUT2D eigenvalue weighted by molar-refractivity contribution is -0.387. The van der Waals surface area contributed by atoms with Crippen LogP contribution in [0.3, 0.4) is 0 Å². The van der Waals surface area contributed by atoms with E-state index < -0.39 is 54.5 Å². The van der Waals surface area contributed by atoms with Crippen LogP contribution in [-0.4, -0.2) is 54.5 Å². The van der Waals surface area contributed by atoms with E-state index in [0.29, 0.717) is 25.7 Å². The molecule has 0 heterocycles. The highest BCUT2D eigenvalue weighted by molar-refractivity contribution is 5.86. The Morgan fingerprint density at radius 1 is 0.436 bits per heavy atom. The molecule has 0 unspecified atom stereocenters. The van der Waals surface area contributed by atoms with Crippen molar-refractivity contribution in [2.24, 2.45) is 0 Å². The second-order valence-corrected chi connectivity index (χ2v) is 9.63. The van der Waals surface area contributed by atoms with Gasteiger partial charge in [-0.25, -0.2) is 0 Å². The molecule has 0 aliphatic carbocycles. The molecule has 0 rings (SSSR count). The second kappa shape index (κ2) is 16.5. The number of amides is 2. The van der Waals surface area contributed by atoms with Gasteiger partial charge in [-0.05, 0) is 12.8 Å². The fourth-order valence-electron chi connectivity index (χ4n) is 3.67. The normalized spacial score (nSPS) is 13.4. The molecule has 0 fully saturated rings. The fourth-order valence-corrected chi connectivity index (χ4v) is 3.67. The van der Waals surface area contributed by atoms with E-state index in [9.17, 15) is 53.5 Å². The maximum atomic E-state index is 14.1. The molecule has 0 atom stereocenters. The molecule has 14 heteroatoms. The first-order chi connectivity index (χ1) is 18.0. The molecule has 0 aromatic carbocycles. The lowest BCUT2D eigenvalue weighted by atomic mass is 9.93.